The molecule has 1 aromatic heterocycles. The quantitative estimate of drug-likeness (QED) is 0.366. The molecule has 0 spiro atoms. The van der Waals surface area contributed by atoms with Gasteiger partial charge in [-0.05, 0) is 6.92 Å². The van der Waals surface area contributed by atoms with E-state index in [2.05, 4.69) is 9.72 Å². The lowest BCUT2D eigenvalue weighted by molar-refractivity contribution is -0.386. The van der Waals surface area contributed by atoms with Crippen molar-refractivity contribution in [2.45, 2.75) is 13.3 Å². The standard InChI is InChI=1S/C9H7ClF2N2O4/c1-2-18-9(15)6-5(8(11)12)4(14(16)17)3-13-7(6)10/h3,8H,2H2,1H3. The molecule has 0 fully saturated rings. The molecule has 1 heterocycles. The molecule has 18 heavy (non-hydrogen) atoms. The van der Waals surface area contributed by atoms with E-state index in [4.69, 9.17) is 11.6 Å². The number of pyridine rings is 1. The van der Waals surface area contributed by atoms with Gasteiger partial charge in [0.1, 0.15) is 22.5 Å². The van der Waals surface area contributed by atoms with Gasteiger partial charge < -0.3 is 4.74 Å². The summed E-state index contributed by atoms with van der Waals surface area (Å²) in [7, 11) is 0. The lowest BCUT2D eigenvalue weighted by Crippen LogP contribution is -2.12. The molecule has 0 aliphatic rings. The summed E-state index contributed by atoms with van der Waals surface area (Å²) >= 11 is 5.51. The molecule has 1 aromatic rings. The van der Waals surface area contributed by atoms with Gasteiger partial charge in [-0.1, -0.05) is 11.6 Å². The Bertz CT molecular complexity index is 496. The van der Waals surface area contributed by atoms with Crippen molar-refractivity contribution >= 4 is 23.3 Å². The third kappa shape index (κ3) is 2.70. The van der Waals surface area contributed by atoms with Crippen molar-refractivity contribution < 1.29 is 23.2 Å². The van der Waals surface area contributed by atoms with E-state index in [1.54, 1.807) is 0 Å². The van der Waals surface area contributed by atoms with Crippen LogP contribution in [0.5, 0.6) is 0 Å². The van der Waals surface area contributed by atoms with Crippen LogP contribution in [0.1, 0.15) is 29.3 Å². The van der Waals surface area contributed by atoms with Gasteiger partial charge in [-0.25, -0.2) is 18.6 Å². The largest absolute Gasteiger partial charge is 0.462 e. The Morgan fingerprint density at radius 3 is 2.72 bits per heavy atom. The van der Waals surface area contributed by atoms with Crippen LogP contribution in [0.3, 0.4) is 0 Å². The second kappa shape index (κ2) is 5.67. The maximum atomic E-state index is 12.8. The van der Waals surface area contributed by atoms with Crippen LogP contribution in [0.4, 0.5) is 14.5 Å². The maximum absolute atomic E-state index is 12.8. The van der Waals surface area contributed by atoms with Gasteiger partial charge in [-0.3, -0.25) is 10.1 Å². The second-order valence-corrected chi connectivity index (χ2v) is 3.36. The molecule has 0 saturated carbocycles. The Balaban J connectivity index is 3.51. The molecule has 0 amide bonds. The van der Waals surface area contributed by atoms with E-state index in [-0.39, 0.29) is 6.61 Å². The maximum Gasteiger partial charge on any atom is 0.342 e. The monoisotopic (exact) mass is 280 g/mol. The Kier molecular flexibility index (Phi) is 4.49. The number of ether oxygens (including phenoxy) is 1. The molecule has 0 bridgehead atoms. The Morgan fingerprint density at radius 2 is 2.28 bits per heavy atom. The highest BCUT2D eigenvalue weighted by Crippen LogP contribution is 2.34. The molecule has 9 heteroatoms. The van der Waals surface area contributed by atoms with E-state index in [0.29, 0.717) is 6.20 Å². The van der Waals surface area contributed by atoms with Crippen molar-refractivity contribution in [1.29, 1.82) is 0 Å². The van der Waals surface area contributed by atoms with Gasteiger partial charge in [0.05, 0.1) is 11.5 Å². The van der Waals surface area contributed by atoms with Crippen LogP contribution in [-0.2, 0) is 4.74 Å². The third-order valence-electron chi connectivity index (χ3n) is 1.95. The third-order valence-corrected chi connectivity index (χ3v) is 2.23. The van der Waals surface area contributed by atoms with Crippen molar-refractivity contribution in [3.63, 3.8) is 0 Å². The molecule has 6 nitrogen and oxygen atoms in total. The van der Waals surface area contributed by atoms with Gasteiger partial charge in [0.15, 0.2) is 0 Å². The van der Waals surface area contributed by atoms with Crippen molar-refractivity contribution in [1.82, 2.24) is 4.98 Å². The molecular formula is C9H7ClF2N2O4. The predicted molar refractivity (Wildman–Crippen MR) is 56.8 cm³/mol. The average molecular weight is 281 g/mol. The van der Waals surface area contributed by atoms with Gasteiger partial charge in [0.2, 0.25) is 0 Å². The predicted octanol–water partition coefficient (Wildman–Crippen LogP) is 2.76. The topological polar surface area (TPSA) is 82.3 Å². The summed E-state index contributed by atoms with van der Waals surface area (Å²) in [4.78, 5) is 24.3. The molecule has 0 saturated heterocycles. The molecule has 98 valence electrons. The molecule has 0 aliphatic carbocycles. The Labute approximate surface area is 105 Å². The first kappa shape index (κ1) is 14.2. The van der Waals surface area contributed by atoms with Crippen molar-refractivity contribution in [2.24, 2.45) is 0 Å². The van der Waals surface area contributed by atoms with E-state index in [0.717, 1.165) is 0 Å². The minimum Gasteiger partial charge on any atom is -0.462 e. The fraction of sp³-hybridized carbons (Fsp3) is 0.333. The van der Waals surface area contributed by atoms with Crippen LogP contribution < -0.4 is 0 Å². The molecule has 0 aromatic carbocycles. The SMILES string of the molecule is CCOC(=O)c1c(Cl)ncc([N+](=O)[O-])c1C(F)F. The zero-order valence-corrected chi connectivity index (χ0v) is 9.78. The van der Waals surface area contributed by atoms with E-state index >= 15 is 0 Å². The number of esters is 1. The lowest BCUT2D eigenvalue weighted by Gasteiger charge is -2.09. The van der Waals surface area contributed by atoms with Crippen molar-refractivity contribution in [3.8, 4) is 0 Å². The first-order chi connectivity index (χ1) is 8.40. The zero-order chi connectivity index (χ0) is 13.9. The van der Waals surface area contributed by atoms with Crippen LogP contribution in [-0.4, -0.2) is 22.5 Å². The van der Waals surface area contributed by atoms with E-state index in [9.17, 15) is 23.7 Å². The van der Waals surface area contributed by atoms with Gasteiger partial charge in [0.25, 0.3) is 12.1 Å². The van der Waals surface area contributed by atoms with Gasteiger partial charge >= 0.3 is 5.97 Å². The van der Waals surface area contributed by atoms with Crippen LogP contribution in [0.2, 0.25) is 5.15 Å². The van der Waals surface area contributed by atoms with Crippen molar-refractivity contribution in [2.75, 3.05) is 6.61 Å². The van der Waals surface area contributed by atoms with Gasteiger partial charge in [-0.2, -0.15) is 0 Å². The molecule has 0 aliphatic heterocycles. The van der Waals surface area contributed by atoms with Crippen LogP contribution >= 0.6 is 11.6 Å². The fourth-order valence-corrected chi connectivity index (χ4v) is 1.48. The average Bonchev–Trinajstić information content (AvgIpc) is 2.27. The lowest BCUT2D eigenvalue weighted by atomic mass is 10.1. The number of hydrogen-bond donors (Lipinski definition) is 0. The highest BCUT2D eigenvalue weighted by atomic mass is 35.5. The van der Waals surface area contributed by atoms with Crippen molar-refractivity contribution in [3.05, 3.63) is 32.6 Å². The molecule has 0 unspecified atom stereocenters. The Morgan fingerprint density at radius 1 is 1.67 bits per heavy atom. The smallest absolute Gasteiger partial charge is 0.342 e. The summed E-state index contributed by atoms with van der Waals surface area (Å²) in [5.74, 6) is -1.17. The molecule has 0 N–H and O–H groups in total. The molecule has 0 atom stereocenters. The highest BCUT2D eigenvalue weighted by molar-refractivity contribution is 6.32. The van der Waals surface area contributed by atoms with Crippen LogP contribution in [0, 0.1) is 10.1 Å². The molecule has 1 rings (SSSR count). The number of carbonyl (C=O) groups is 1. The number of rotatable bonds is 4. The second-order valence-electron chi connectivity index (χ2n) is 3.00. The zero-order valence-electron chi connectivity index (χ0n) is 9.02. The first-order valence-corrected chi connectivity index (χ1v) is 5.06. The number of halogens is 3. The summed E-state index contributed by atoms with van der Waals surface area (Å²) in [6.07, 6.45) is -2.67. The number of hydrogen-bond acceptors (Lipinski definition) is 5. The highest BCUT2D eigenvalue weighted by Gasteiger charge is 2.32. The fourth-order valence-electron chi connectivity index (χ4n) is 1.25. The summed E-state index contributed by atoms with van der Waals surface area (Å²) < 4.78 is 30.2. The minimum absolute atomic E-state index is 0.0828. The van der Waals surface area contributed by atoms with E-state index in [1.807, 2.05) is 0 Å². The summed E-state index contributed by atoms with van der Waals surface area (Å²) in [5.41, 5.74) is -2.83. The number of carbonyl (C=O) groups excluding carboxylic acids is 1. The summed E-state index contributed by atoms with van der Waals surface area (Å²) in [6.45, 7) is 1.37. The van der Waals surface area contributed by atoms with Crippen LogP contribution in [0.25, 0.3) is 0 Å². The number of aromatic nitrogens is 1. The first-order valence-electron chi connectivity index (χ1n) is 4.68. The normalized spacial score (nSPS) is 10.5. The number of nitro groups is 1. The molecule has 0 radical (unpaired) electrons. The Hall–Kier alpha value is -1.83. The molecular weight excluding hydrogens is 274 g/mol. The number of nitrogens with zero attached hydrogens (tertiary/aromatic N) is 2. The van der Waals surface area contributed by atoms with Gasteiger partial charge in [0, 0.05) is 0 Å². The minimum atomic E-state index is -3.25. The van der Waals surface area contributed by atoms with E-state index < -0.39 is 39.3 Å². The summed E-state index contributed by atoms with van der Waals surface area (Å²) in [5, 5.41) is 10.0. The number of alkyl halides is 2. The van der Waals surface area contributed by atoms with Crippen LogP contribution in [0.15, 0.2) is 6.20 Å². The summed E-state index contributed by atoms with van der Waals surface area (Å²) in [6, 6.07) is 0. The van der Waals surface area contributed by atoms with Gasteiger partial charge in [-0.15, -0.1) is 0 Å². The van der Waals surface area contributed by atoms with E-state index in [1.165, 1.54) is 6.92 Å².